The molecule has 0 aliphatic carbocycles. The van der Waals surface area contributed by atoms with Gasteiger partial charge >= 0.3 is 5.97 Å². The van der Waals surface area contributed by atoms with Crippen molar-refractivity contribution in [3.8, 4) is 0 Å². The molecule has 2 atom stereocenters. The van der Waals surface area contributed by atoms with Crippen LogP contribution in [0.1, 0.15) is 25.7 Å². The molecule has 6 nitrogen and oxygen atoms in total. The summed E-state index contributed by atoms with van der Waals surface area (Å²) >= 11 is 0. The largest absolute Gasteiger partial charge is 0.481 e. The van der Waals surface area contributed by atoms with E-state index >= 15 is 0 Å². The zero-order valence-corrected chi connectivity index (χ0v) is 9.47. The molecule has 0 aliphatic heterocycles. The molecule has 0 spiro atoms. The summed E-state index contributed by atoms with van der Waals surface area (Å²) in [6.07, 6.45) is 0.850. The van der Waals surface area contributed by atoms with Gasteiger partial charge in [0.15, 0.2) is 0 Å². The maximum absolute atomic E-state index is 10.6. The number of hydrogen-bond acceptors (Lipinski definition) is 3. The highest BCUT2D eigenvalue weighted by Crippen LogP contribution is 2.42. The molecule has 0 heterocycles. The van der Waals surface area contributed by atoms with E-state index in [1.54, 1.807) is 0 Å². The third-order valence-corrected chi connectivity index (χ3v) is 4.98. The Labute approximate surface area is 82.7 Å². The van der Waals surface area contributed by atoms with Crippen molar-refractivity contribution in [2.75, 3.05) is 0 Å². The van der Waals surface area contributed by atoms with Gasteiger partial charge in [-0.1, -0.05) is 6.42 Å². The molecule has 8 heteroatoms. The van der Waals surface area contributed by atoms with Crippen LogP contribution in [-0.4, -0.2) is 26.3 Å². The molecule has 0 bridgehead atoms. The third kappa shape index (κ3) is 6.33. The summed E-state index contributed by atoms with van der Waals surface area (Å²) in [5, 5.41) is 7.23. The Bertz CT molecular complexity index is 226. The Morgan fingerprint density at radius 3 is 2.00 bits per heavy atom. The number of rotatable bonds is 7. The molecule has 84 valence electrons. The van der Waals surface area contributed by atoms with Gasteiger partial charge in [0.1, 0.15) is 5.40 Å². The van der Waals surface area contributed by atoms with Gasteiger partial charge in [0, 0.05) is 6.42 Å². The van der Waals surface area contributed by atoms with Crippen molar-refractivity contribution >= 4 is 22.0 Å². The minimum absolute atomic E-state index is 0.0224. The number of unbranched alkanes of at least 4 members (excludes halogenated alkanes) is 1. The van der Waals surface area contributed by atoms with Crippen LogP contribution in [0.25, 0.3) is 0 Å². The van der Waals surface area contributed by atoms with E-state index < -0.39 is 27.4 Å². The van der Waals surface area contributed by atoms with Gasteiger partial charge in [-0.05, 0) is 12.8 Å². The van der Waals surface area contributed by atoms with Crippen molar-refractivity contribution in [1.82, 2.24) is 0 Å². The number of carboxylic acids is 1. The van der Waals surface area contributed by atoms with E-state index in [-0.39, 0.29) is 12.8 Å². The summed E-state index contributed by atoms with van der Waals surface area (Å²) in [4.78, 5) is 27.5. The van der Waals surface area contributed by atoms with Crippen molar-refractivity contribution in [3.05, 3.63) is 0 Å². The van der Waals surface area contributed by atoms with Crippen LogP contribution in [0.15, 0.2) is 0 Å². The molecule has 0 aliphatic rings. The highest BCUT2D eigenvalue weighted by Gasteiger charge is 2.19. The van der Waals surface area contributed by atoms with Crippen molar-refractivity contribution < 1.29 is 28.8 Å². The first kappa shape index (κ1) is 13.8. The van der Waals surface area contributed by atoms with Crippen LogP contribution >= 0.6 is 16.1 Å². The Hall–Kier alpha value is -0.150. The standard InChI is InChI=1S/C6H14O6P2/c7-5(8)3-1-2-4-6(13(9)10)14(11)12/h6,13-14H,1-4H2,(H,7,8)(H,9,10)(H,11,12). The molecule has 3 N–H and O–H groups in total. The fourth-order valence-electron chi connectivity index (χ4n) is 0.977. The van der Waals surface area contributed by atoms with Crippen molar-refractivity contribution in [1.29, 1.82) is 0 Å². The lowest BCUT2D eigenvalue weighted by atomic mass is 10.2. The topological polar surface area (TPSA) is 112 Å². The van der Waals surface area contributed by atoms with Gasteiger partial charge in [-0.25, -0.2) is 0 Å². The highest BCUT2D eigenvalue weighted by atomic mass is 31.2. The summed E-state index contributed by atoms with van der Waals surface area (Å²) < 4.78 is 21.2. The average molecular weight is 244 g/mol. The van der Waals surface area contributed by atoms with E-state index in [0.29, 0.717) is 12.8 Å². The van der Waals surface area contributed by atoms with E-state index in [0.717, 1.165) is 0 Å². The molecule has 0 aromatic heterocycles. The zero-order chi connectivity index (χ0) is 11.1. The number of carbonyl (C=O) groups is 1. The van der Waals surface area contributed by atoms with Crippen LogP contribution in [0.5, 0.6) is 0 Å². The van der Waals surface area contributed by atoms with Gasteiger partial charge in [0.05, 0.1) is 0 Å². The highest BCUT2D eigenvalue weighted by molar-refractivity contribution is 7.57. The van der Waals surface area contributed by atoms with E-state index in [1.807, 2.05) is 0 Å². The van der Waals surface area contributed by atoms with Gasteiger partial charge in [-0.2, -0.15) is 0 Å². The van der Waals surface area contributed by atoms with E-state index in [2.05, 4.69) is 0 Å². The minimum atomic E-state index is -2.99. The maximum atomic E-state index is 10.6. The Balaban J connectivity index is 3.78. The number of aliphatic carboxylic acids is 1. The van der Waals surface area contributed by atoms with E-state index in [4.69, 9.17) is 14.9 Å². The molecule has 0 fully saturated rings. The van der Waals surface area contributed by atoms with Crippen molar-refractivity contribution in [3.63, 3.8) is 0 Å². The summed E-state index contributed by atoms with van der Waals surface area (Å²) in [5.74, 6) is -0.935. The quantitative estimate of drug-likeness (QED) is 0.453. The minimum Gasteiger partial charge on any atom is -0.481 e. The van der Waals surface area contributed by atoms with Gasteiger partial charge in [-0.3, -0.25) is 13.9 Å². The van der Waals surface area contributed by atoms with Gasteiger partial charge in [0.25, 0.3) is 0 Å². The molecule has 14 heavy (non-hydrogen) atoms. The lowest BCUT2D eigenvalue weighted by Crippen LogP contribution is -1.98. The molecule has 0 aromatic rings. The zero-order valence-electron chi connectivity index (χ0n) is 7.47. The average Bonchev–Trinajstić information content (AvgIpc) is 2.01. The molecular formula is C6H14O6P2. The summed E-state index contributed by atoms with van der Waals surface area (Å²) in [6.45, 7) is 0. The normalized spacial score (nSPS) is 17.3. The predicted octanol–water partition coefficient (Wildman–Crippen LogP) is 0.891. The fourth-order valence-corrected chi connectivity index (χ4v) is 2.72. The molecule has 0 rings (SSSR count). The molecule has 0 saturated heterocycles. The Morgan fingerprint density at radius 2 is 1.64 bits per heavy atom. The van der Waals surface area contributed by atoms with Gasteiger partial charge < -0.3 is 14.9 Å². The summed E-state index contributed by atoms with van der Waals surface area (Å²) in [5.41, 5.74) is 0. The molecule has 0 aromatic carbocycles. The van der Waals surface area contributed by atoms with Gasteiger partial charge in [-0.15, -0.1) is 0 Å². The van der Waals surface area contributed by atoms with Crippen LogP contribution in [0.4, 0.5) is 0 Å². The lowest BCUT2D eigenvalue weighted by Gasteiger charge is -2.08. The molecule has 0 radical (unpaired) electrons. The van der Waals surface area contributed by atoms with E-state index in [1.165, 1.54) is 0 Å². The van der Waals surface area contributed by atoms with Crippen LogP contribution in [-0.2, 0) is 13.9 Å². The monoisotopic (exact) mass is 244 g/mol. The summed E-state index contributed by atoms with van der Waals surface area (Å²) in [6, 6.07) is 0. The number of hydrogen-bond donors (Lipinski definition) is 3. The van der Waals surface area contributed by atoms with E-state index in [9.17, 15) is 13.9 Å². The first-order valence-corrected chi connectivity index (χ1v) is 6.99. The first-order chi connectivity index (χ1) is 6.45. The number of carboxylic acid groups (broad SMARTS) is 1. The van der Waals surface area contributed by atoms with Gasteiger partial charge in [0.2, 0.25) is 16.1 Å². The molecule has 2 unspecified atom stereocenters. The first-order valence-electron chi connectivity index (χ1n) is 4.12. The molecule has 0 saturated carbocycles. The second kappa shape index (κ2) is 7.18. The third-order valence-electron chi connectivity index (χ3n) is 1.73. The SMILES string of the molecule is O=C(O)CCCCC([PH](=O)O)[PH](=O)O. The molecule has 0 amide bonds. The second-order valence-corrected chi connectivity index (χ2v) is 6.19. The van der Waals surface area contributed by atoms with Crippen molar-refractivity contribution in [2.24, 2.45) is 0 Å². The summed E-state index contributed by atoms with van der Waals surface area (Å²) in [7, 11) is -5.98. The fraction of sp³-hybridized carbons (Fsp3) is 0.833. The molecular weight excluding hydrogens is 230 g/mol. The van der Waals surface area contributed by atoms with Crippen LogP contribution in [0.2, 0.25) is 0 Å². The van der Waals surface area contributed by atoms with Crippen LogP contribution in [0, 0.1) is 0 Å². The Morgan fingerprint density at radius 1 is 1.14 bits per heavy atom. The Kier molecular flexibility index (Phi) is 7.11. The van der Waals surface area contributed by atoms with Crippen LogP contribution < -0.4 is 0 Å². The van der Waals surface area contributed by atoms with Crippen molar-refractivity contribution in [2.45, 2.75) is 31.1 Å². The maximum Gasteiger partial charge on any atom is 0.303 e. The predicted molar refractivity (Wildman–Crippen MR) is 52.3 cm³/mol. The second-order valence-electron chi connectivity index (χ2n) is 2.87. The lowest BCUT2D eigenvalue weighted by molar-refractivity contribution is -0.137. The smallest absolute Gasteiger partial charge is 0.303 e. The van der Waals surface area contributed by atoms with Crippen LogP contribution in [0.3, 0.4) is 0 Å².